The Bertz CT molecular complexity index is 1540. The van der Waals surface area contributed by atoms with Gasteiger partial charge in [-0.2, -0.15) is 0 Å². The molecule has 1 atom stereocenters. The van der Waals surface area contributed by atoms with E-state index in [-0.39, 0.29) is 40.2 Å². The molecule has 0 unspecified atom stereocenters. The zero-order chi connectivity index (χ0) is 24.8. The number of morpholine rings is 1. The lowest BCUT2D eigenvalue weighted by Gasteiger charge is -2.34. The zero-order valence-electron chi connectivity index (χ0n) is 19.6. The van der Waals surface area contributed by atoms with Crippen molar-refractivity contribution < 1.29 is 13.9 Å². The van der Waals surface area contributed by atoms with Crippen molar-refractivity contribution in [3.05, 3.63) is 86.4 Å². The summed E-state index contributed by atoms with van der Waals surface area (Å²) < 4.78 is 28.1. The Balaban J connectivity index is 1.51. The first-order valence-corrected chi connectivity index (χ1v) is 12.1. The monoisotopic (exact) mass is 507 g/mol. The first-order chi connectivity index (χ1) is 17.5. The van der Waals surface area contributed by atoms with E-state index in [2.05, 4.69) is 9.88 Å². The number of aromatic nitrogens is 4. The molecule has 184 valence electrons. The summed E-state index contributed by atoms with van der Waals surface area (Å²) in [5.74, 6) is 0.00576. The van der Waals surface area contributed by atoms with Crippen molar-refractivity contribution in [3.8, 4) is 11.3 Å². The second kappa shape index (κ2) is 9.24. The fraction of sp³-hybridized carbons (Fsp3) is 0.308. The van der Waals surface area contributed by atoms with Crippen LogP contribution in [0, 0.1) is 12.7 Å². The van der Waals surface area contributed by atoms with Crippen molar-refractivity contribution in [2.24, 2.45) is 0 Å². The van der Waals surface area contributed by atoms with Gasteiger partial charge in [-0.15, -0.1) is 0 Å². The van der Waals surface area contributed by atoms with E-state index in [0.29, 0.717) is 49.8 Å². The van der Waals surface area contributed by atoms with Crippen molar-refractivity contribution in [1.29, 1.82) is 0 Å². The predicted molar refractivity (Wildman–Crippen MR) is 133 cm³/mol. The molecule has 0 saturated carbocycles. The molecule has 1 aromatic carbocycles. The number of halogens is 2. The summed E-state index contributed by atoms with van der Waals surface area (Å²) in [5, 5.41) is 0.274. The van der Waals surface area contributed by atoms with Gasteiger partial charge in [-0.3, -0.25) is 14.2 Å². The molecule has 10 heteroatoms. The van der Waals surface area contributed by atoms with E-state index in [4.69, 9.17) is 31.0 Å². The predicted octanol–water partition coefficient (Wildman–Crippen LogP) is 3.90. The fourth-order valence-corrected chi connectivity index (χ4v) is 4.92. The van der Waals surface area contributed by atoms with Crippen molar-refractivity contribution in [1.82, 2.24) is 19.4 Å². The Labute approximate surface area is 211 Å². The summed E-state index contributed by atoms with van der Waals surface area (Å²) in [6, 6.07) is 8.33. The van der Waals surface area contributed by atoms with Gasteiger partial charge in [0.15, 0.2) is 5.65 Å². The maximum absolute atomic E-state index is 15.1. The second-order valence-electron chi connectivity index (χ2n) is 8.95. The Morgan fingerprint density at radius 1 is 1.17 bits per heavy atom. The van der Waals surface area contributed by atoms with Gasteiger partial charge >= 0.3 is 0 Å². The van der Waals surface area contributed by atoms with Crippen LogP contribution in [0.5, 0.6) is 0 Å². The summed E-state index contributed by atoms with van der Waals surface area (Å²) in [6.07, 6.45) is 3.75. The first kappa shape index (κ1) is 23.0. The lowest BCUT2D eigenvalue weighted by atomic mass is 10.1. The number of nitrogens with zero attached hydrogens (tertiary/aromatic N) is 5. The van der Waals surface area contributed by atoms with Crippen molar-refractivity contribution in [2.45, 2.75) is 26.1 Å². The van der Waals surface area contributed by atoms with Gasteiger partial charge in [0.05, 0.1) is 31.7 Å². The minimum absolute atomic E-state index is 0.188. The average Bonchev–Trinajstić information content (AvgIpc) is 2.89. The van der Waals surface area contributed by atoms with Crippen LogP contribution in [0.2, 0.25) is 5.02 Å². The summed E-state index contributed by atoms with van der Waals surface area (Å²) >= 11 is 6.01. The molecule has 0 radical (unpaired) electrons. The van der Waals surface area contributed by atoms with Gasteiger partial charge in [0.25, 0.3) is 5.56 Å². The normalized spacial score (nSPS) is 17.9. The summed E-state index contributed by atoms with van der Waals surface area (Å²) in [7, 11) is 0. The van der Waals surface area contributed by atoms with Crippen molar-refractivity contribution in [3.63, 3.8) is 0 Å². The number of rotatable bonds is 3. The van der Waals surface area contributed by atoms with Crippen LogP contribution >= 0.6 is 11.6 Å². The molecule has 0 spiro atoms. The largest absolute Gasteiger partial charge is 0.375 e. The number of aryl methyl sites for hydroxylation is 1. The van der Waals surface area contributed by atoms with Crippen LogP contribution in [0.15, 0.2) is 47.5 Å². The van der Waals surface area contributed by atoms with Gasteiger partial charge in [-0.1, -0.05) is 11.6 Å². The Morgan fingerprint density at radius 3 is 2.89 bits per heavy atom. The third kappa shape index (κ3) is 4.13. The van der Waals surface area contributed by atoms with Gasteiger partial charge in [-0.05, 0) is 42.8 Å². The van der Waals surface area contributed by atoms with Crippen LogP contribution < -0.4 is 10.5 Å². The molecular weight excluding hydrogens is 485 g/mol. The van der Waals surface area contributed by atoms with Crippen LogP contribution in [0.25, 0.3) is 16.9 Å². The molecule has 2 aliphatic rings. The second-order valence-corrected chi connectivity index (χ2v) is 9.38. The van der Waals surface area contributed by atoms with Gasteiger partial charge < -0.3 is 14.4 Å². The number of pyridine rings is 1. The van der Waals surface area contributed by atoms with Crippen LogP contribution in [-0.4, -0.2) is 45.7 Å². The molecule has 1 saturated heterocycles. The standard InChI is InChI=1S/C26H23ClFN5O3/c1-15-10-16(4-6-29-15)22-12-32(7-9-36-22)23-13-33-25(30-21-14-35-8-5-19(21)26(33)34)24(31-23)18-3-2-17(27)11-20(18)28/h2-4,6,10-11,13,22H,5,7-9,12,14H2,1H3/t22-/m1/s1. The van der Waals surface area contributed by atoms with Gasteiger partial charge in [0.2, 0.25) is 0 Å². The molecular formula is C26H23ClFN5O3. The highest BCUT2D eigenvalue weighted by atomic mass is 35.5. The molecule has 8 nitrogen and oxygen atoms in total. The van der Waals surface area contributed by atoms with E-state index in [1.54, 1.807) is 24.5 Å². The topological polar surface area (TPSA) is 81.9 Å². The Hall–Kier alpha value is -3.40. The van der Waals surface area contributed by atoms with Crippen LogP contribution in [0.4, 0.5) is 10.2 Å². The van der Waals surface area contributed by atoms with Crippen LogP contribution in [0.3, 0.4) is 0 Å². The number of anilines is 1. The van der Waals surface area contributed by atoms with E-state index in [9.17, 15) is 4.79 Å². The van der Waals surface area contributed by atoms with Crippen LogP contribution in [-0.2, 0) is 22.5 Å². The van der Waals surface area contributed by atoms with Crippen LogP contribution in [0.1, 0.15) is 28.6 Å². The first-order valence-electron chi connectivity index (χ1n) is 11.8. The third-order valence-electron chi connectivity index (χ3n) is 6.58. The maximum Gasteiger partial charge on any atom is 0.261 e. The molecule has 5 heterocycles. The van der Waals surface area contributed by atoms with E-state index >= 15 is 4.39 Å². The highest BCUT2D eigenvalue weighted by molar-refractivity contribution is 6.30. The average molecular weight is 508 g/mol. The van der Waals surface area contributed by atoms with Gasteiger partial charge in [0, 0.05) is 47.6 Å². The quantitative estimate of drug-likeness (QED) is 0.416. The summed E-state index contributed by atoms with van der Waals surface area (Å²) in [6.45, 7) is 4.21. The highest BCUT2D eigenvalue weighted by Crippen LogP contribution is 2.31. The molecule has 0 N–H and O–H groups in total. The molecule has 0 amide bonds. The minimum atomic E-state index is -0.538. The lowest BCUT2D eigenvalue weighted by Crippen LogP contribution is -2.39. The van der Waals surface area contributed by atoms with Crippen molar-refractivity contribution in [2.75, 3.05) is 31.2 Å². The number of ether oxygens (including phenoxy) is 2. The number of hydrogen-bond donors (Lipinski definition) is 0. The van der Waals surface area contributed by atoms with E-state index < -0.39 is 5.82 Å². The third-order valence-corrected chi connectivity index (χ3v) is 6.82. The van der Waals surface area contributed by atoms with Gasteiger partial charge in [-0.25, -0.2) is 14.4 Å². The SMILES string of the molecule is Cc1cc([C@H]2CN(c3cn4c(=O)c5c(nc4c(-c4ccc(Cl)cc4F)n3)COCC5)CCO2)ccn1. The minimum Gasteiger partial charge on any atom is -0.375 e. The van der Waals surface area contributed by atoms with E-state index in [1.807, 2.05) is 19.1 Å². The maximum atomic E-state index is 15.1. The summed E-state index contributed by atoms with van der Waals surface area (Å²) in [4.78, 5) is 29.4. The molecule has 0 aliphatic carbocycles. The number of benzene rings is 1. The van der Waals surface area contributed by atoms with E-state index in [1.165, 1.54) is 10.5 Å². The molecule has 3 aromatic heterocycles. The number of hydrogen-bond acceptors (Lipinski definition) is 7. The molecule has 36 heavy (non-hydrogen) atoms. The Morgan fingerprint density at radius 2 is 2.06 bits per heavy atom. The molecule has 1 fully saturated rings. The fourth-order valence-electron chi connectivity index (χ4n) is 4.76. The van der Waals surface area contributed by atoms with E-state index in [0.717, 1.165) is 11.3 Å². The van der Waals surface area contributed by atoms with Gasteiger partial charge in [0.1, 0.15) is 23.4 Å². The highest BCUT2D eigenvalue weighted by Gasteiger charge is 2.27. The molecule has 4 aromatic rings. The molecule has 0 bridgehead atoms. The number of fused-ring (bicyclic) bond motifs is 2. The Kier molecular flexibility index (Phi) is 5.91. The smallest absolute Gasteiger partial charge is 0.261 e. The summed E-state index contributed by atoms with van der Waals surface area (Å²) in [5.41, 5.74) is 3.69. The molecule has 6 rings (SSSR count). The van der Waals surface area contributed by atoms with Crippen molar-refractivity contribution >= 4 is 23.1 Å². The lowest BCUT2D eigenvalue weighted by molar-refractivity contribution is 0.0394. The zero-order valence-corrected chi connectivity index (χ0v) is 20.3. The molecule has 2 aliphatic heterocycles.